The predicted molar refractivity (Wildman–Crippen MR) is 58.5 cm³/mol. The van der Waals surface area contributed by atoms with E-state index in [1.54, 1.807) is 31.3 Å². The Bertz CT molecular complexity index is 373. The average molecular weight is 246 g/mol. The predicted octanol–water partition coefficient (Wildman–Crippen LogP) is 2.30. The number of amides is 1. The van der Waals surface area contributed by atoms with Crippen LogP contribution in [0.4, 0.5) is 18.9 Å². The maximum Gasteiger partial charge on any atom is 0.397 e. The van der Waals surface area contributed by atoms with E-state index in [0.717, 1.165) is 5.56 Å². The lowest BCUT2D eigenvalue weighted by Crippen LogP contribution is -2.21. The quantitative estimate of drug-likeness (QED) is 0.855. The van der Waals surface area contributed by atoms with E-state index in [2.05, 4.69) is 10.6 Å². The summed E-state index contributed by atoms with van der Waals surface area (Å²) in [7, 11) is 1.79. The van der Waals surface area contributed by atoms with Gasteiger partial charge in [0.05, 0.1) is 0 Å². The second kappa shape index (κ2) is 5.67. The van der Waals surface area contributed by atoms with Crippen LogP contribution in [0.2, 0.25) is 0 Å². The number of benzene rings is 1. The average Bonchev–Trinajstić information content (AvgIpc) is 2.18. The molecular formula is C11H13F3N2O. The molecule has 0 fully saturated rings. The first-order valence-corrected chi connectivity index (χ1v) is 5.01. The Balaban J connectivity index is 2.54. The van der Waals surface area contributed by atoms with Crippen molar-refractivity contribution in [2.75, 3.05) is 12.4 Å². The number of carbonyl (C=O) groups excluding carboxylic acids is 1. The van der Waals surface area contributed by atoms with E-state index in [4.69, 9.17) is 0 Å². The van der Waals surface area contributed by atoms with Crippen molar-refractivity contribution in [1.82, 2.24) is 5.32 Å². The molecule has 0 radical (unpaired) electrons. The van der Waals surface area contributed by atoms with E-state index in [-0.39, 0.29) is 0 Å². The third-order valence-corrected chi connectivity index (χ3v) is 1.98. The molecule has 0 spiro atoms. The van der Waals surface area contributed by atoms with Gasteiger partial charge in [-0.3, -0.25) is 4.79 Å². The molecule has 0 aliphatic heterocycles. The number of anilines is 1. The van der Waals surface area contributed by atoms with Gasteiger partial charge in [0.25, 0.3) is 0 Å². The number of alkyl halides is 3. The summed E-state index contributed by atoms with van der Waals surface area (Å²) >= 11 is 0. The lowest BCUT2D eigenvalue weighted by atomic mass is 10.2. The van der Waals surface area contributed by atoms with Crippen LogP contribution in [0.25, 0.3) is 0 Å². The maximum absolute atomic E-state index is 11.9. The lowest BCUT2D eigenvalue weighted by Gasteiger charge is -2.08. The van der Waals surface area contributed by atoms with Gasteiger partial charge in [0.15, 0.2) is 0 Å². The van der Waals surface area contributed by atoms with Gasteiger partial charge in [-0.2, -0.15) is 13.2 Å². The van der Waals surface area contributed by atoms with Crippen LogP contribution in [0.1, 0.15) is 12.0 Å². The summed E-state index contributed by atoms with van der Waals surface area (Å²) in [5, 5.41) is 5.13. The van der Waals surface area contributed by atoms with Crippen molar-refractivity contribution in [2.45, 2.75) is 19.1 Å². The summed E-state index contributed by atoms with van der Waals surface area (Å²) in [6.45, 7) is 0.663. The monoisotopic (exact) mass is 246 g/mol. The van der Waals surface area contributed by atoms with Gasteiger partial charge >= 0.3 is 6.18 Å². The fourth-order valence-electron chi connectivity index (χ4n) is 1.30. The zero-order chi connectivity index (χ0) is 12.9. The van der Waals surface area contributed by atoms with Crippen LogP contribution in [0.3, 0.4) is 0 Å². The zero-order valence-electron chi connectivity index (χ0n) is 9.27. The fraction of sp³-hybridized carbons (Fsp3) is 0.364. The number of nitrogens with one attached hydrogen (secondary N) is 2. The molecule has 2 N–H and O–H groups in total. The van der Waals surface area contributed by atoms with Gasteiger partial charge in [-0.25, -0.2) is 0 Å². The highest BCUT2D eigenvalue weighted by Crippen LogP contribution is 2.20. The van der Waals surface area contributed by atoms with E-state index in [1.165, 1.54) is 0 Å². The Hall–Kier alpha value is -1.56. The minimum atomic E-state index is -4.48. The molecule has 0 aromatic heterocycles. The molecule has 0 unspecified atom stereocenters. The molecule has 1 rings (SSSR count). The van der Waals surface area contributed by atoms with E-state index in [1.807, 2.05) is 0 Å². The van der Waals surface area contributed by atoms with Crippen LogP contribution in [-0.4, -0.2) is 19.1 Å². The number of halogens is 3. The smallest absolute Gasteiger partial charge is 0.326 e. The largest absolute Gasteiger partial charge is 0.397 e. The van der Waals surface area contributed by atoms with E-state index in [9.17, 15) is 18.0 Å². The molecule has 0 aliphatic carbocycles. The normalized spacial score (nSPS) is 11.3. The molecule has 3 nitrogen and oxygen atoms in total. The molecule has 0 saturated heterocycles. The highest BCUT2D eigenvalue weighted by molar-refractivity contribution is 5.91. The number of hydrogen-bond acceptors (Lipinski definition) is 2. The Kier molecular flexibility index (Phi) is 4.51. The highest BCUT2D eigenvalue weighted by Gasteiger charge is 2.31. The Morgan fingerprint density at radius 3 is 2.29 bits per heavy atom. The zero-order valence-corrected chi connectivity index (χ0v) is 9.27. The molecule has 0 saturated carbocycles. The molecule has 0 atom stereocenters. The van der Waals surface area contributed by atoms with Crippen LogP contribution in [0, 0.1) is 0 Å². The number of carbonyl (C=O) groups is 1. The molecule has 0 bridgehead atoms. The first-order chi connectivity index (χ1) is 7.90. The Labute approximate surface area is 97.0 Å². The van der Waals surface area contributed by atoms with Crippen LogP contribution in [0.15, 0.2) is 24.3 Å². The molecule has 0 aliphatic rings. The van der Waals surface area contributed by atoms with Crippen molar-refractivity contribution < 1.29 is 18.0 Å². The molecule has 1 amide bonds. The van der Waals surface area contributed by atoms with Gasteiger partial charge in [-0.05, 0) is 24.7 Å². The third kappa shape index (κ3) is 5.35. The molecule has 6 heteroatoms. The standard InChI is InChI=1S/C11H13F3N2O/c1-15-7-8-2-4-9(5-3-8)16-10(17)6-11(12,13)14/h2-5,15H,6-7H2,1H3,(H,16,17). The Morgan fingerprint density at radius 1 is 1.24 bits per heavy atom. The van der Waals surface area contributed by atoms with Crippen molar-refractivity contribution in [2.24, 2.45) is 0 Å². The molecule has 17 heavy (non-hydrogen) atoms. The molecular weight excluding hydrogens is 233 g/mol. The number of rotatable bonds is 4. The van der Waals surface area contributed by atoms with Crippen LogP contribution < -0.4 is 10.6 Å². The van der Waals surface area contributed by atoms with Crippen molar-refractivity contribution in [3.63, 3.8) is 0 Å². The Morgan fingerprint density at radius 2 is 1.82 bits per heavy atom. The second-order valence-corrected chi connectivity index (χ2v) is 3.57. The van der Waals surface area contributed by atoms with E-state index in [0.29, 0.717) is 12.2 Å². The summed E-state index contributed by atoms with van der Waals surface area (Å²) in [5.41, 5.74) is 1.35. The summed E-state index contributed by atoms with van der Waals surface area (Å²) in [6.07, 6.45) is -5.94. The van der Waals surface area contributed by atoms with Crippen LogP contribution >= 0.6 is 0 Å². The molecule has 1 aromatic carbocycles. The first kappa shape index (κ1) is 13.5. The van der Waals surface area contributed by atoms with Crippen molar-refractivity contribution >= 4 is 11.6 Å². The molecule has 94 valence electrons. The first-order valence-electron chi connectivity index (χ1n) is 5.01. The van der Waals surface area contributed by atoms with Crippen molar-refractivity contribution in [3.8, 4) is 0 Å². The SMILES string of the molecule is CNCc1ccc(NC(=O)CC(F)(F)F)cc1. The highest BCUT2D eigenvalue weighted by atomic mass is 19.4. The summed E-state index contributed by atoms with van der Waals surface area (Å²) in [5.74, 6) is -1.06. The topological polar surface area (TPSA) is 41.1 Å². The van der Waals surface area contributed by atoms with Gasteiger partial charge in [-0.1, -0.05) is 12.1 Å². The van der Waals surface area contributed by atoms with E-state index >= 15 is 0 Å². The summed E-state index contributed by atoms with van der Waals surface area (Å²) < 4.78 is 35.7. The summed E-state index contributed by atoms with van der Waals surface area (Å²) in [6, 6.07) is 6.61. The van der Waals surface area contributed by atoms with Crippen molar-refractivity contribution in [3.05, 3.63) is 29.8 Å². The van der Waals surface area contributed by atoms with Crippen molar-refractivity contribution in [1.29, 1.82) is 0 Å². The van der Waals surface area contributed by atoms with Gasteiger partial charge in [0, 0.05) is 12.2 Å². The molecule has 0 heterocycles. The van der Waals surface area contributed by atoms with Gasteiger partial charge in [-0.15, -0.1) is 0 Å². The lowest BCUT2D eigenvalue weighted by molar-refractivity contribution is -0.150. The van der Waals surface area contributed by atoms with Gasteiger partial charge in [0.2, 0.25) is 5.91 Å². The summed E-state index contributed by atoms with van der Waals surface area (Å²) in [4.78, 5) is 11.0. The third-order valence-electron chi connectivity index (χ3n) is 1.98. The van der Waals surface area contributed by atoms with Crippen LogP contribution in [0.5, 0.6) is 0 Å². The maximum atomic E-state index is 11.9. The number of hydrogen-bond donors (Lipinski definition) is 2. The minimum absolute atomic E-state index is 0.360. The minimum Gasteiger partial charge on any atom is -0.326 e. The van der Waals surface area contributed by atoms with Gasteiger partial charge in [0.1, 0.15) is 6.42 Å². The van der Waals surface area contributed by atoms with Gasteiger partial charge < -0.3 is 10.6 Å². The fourth-order valence-corrected chi connectivity index (χ4v) is 1.30. The molecule has 1 aromatic rings. The van der Waals surface area contributed by atoms with Crippen LogP contribution in [-0.2, 0) is 11.3 Å². The van der Waals surface area contributed by atoms with E-state index < -0.39 is 18.5 Å². The second-order valence-electron chi connectivity index (χ2n) is 3.57.